The number of carbonyl (C=O) groups is 1. The van der Waals surface area contributed by atoms with Gasteiger partial charge in [-0.1, -0.05) is 32.8 Å². The van der Waals surface area contributed by atoms with E-state index in [0.717, 1.165) is 18.4 Å². The highest BCUT2D eigenvalue weighted by Crippen LogP contribution is 2.28. The predicted octanol–water partition coefficient (Wildman–Crippen LogP) is 3.73. The second-order valence-corrected chi connectivity index (χ2v) is 4.95. The molecule has 0 amide bonds. The average Bonchev–Trinajstić information content (AvgIpc) is 2.83. The number of fused-ring (bicyclic) bond motifs is 1. The van der Waals surface area contributed by atoms with Gasteiger partial charge in [-0.25, -0.2) is 9.78 Å². The minimum atomic E-state index is -0.925. The molecular formula is C15H20N2O2. The number of carboxylic acid groups (broad SMARTS) is 1. The zero-order chi connectivity index (χ0) is 14.0. The summed E-state index contributed by atoms with van der Waals surface area (Å²) in [6.45, 7) is 6.55. The smallest absolute Gasteiger partial charge is 0.337 e. The monoisotopic (exact) mass is 260 g/mol. The molecule has 1 atom stereocenters. The Balaban J connectivity index is 2.52. The van der Waals surface area contributed by atoms with Gasteiger partial charge < -0.3 is 9.67 Å². The van der Waals surface area contributed by atoms with Gasteiger partial charge in [-0.3, -0.25) is 0 Å². The first-order chi connectivity index (χ1) is 9.10. The zero-order valence-corrected chi connectivity index (χ0v) is 11.6. The maximum atomic E-state index is 11.2. The van der Waals surface area contributed by atoms with Crippen LogP contribution in [0.25, 0.3) is 11.0 Å². The number of carboxylic acids is 1. The molecule has 19 heavy (non-hydrogen) atoms. The number of aromatic nitrogens is 2. The van der Waals surface area contributed by atoms with Gasteiger partial charge in [0.2, 0.25) is 0 Å². The average molecular weight is 260 g/mol. The molecule has 0 saturated carbocycles. The number of para-hydroxylation sites is 1. The van der Waals surface area contributed by atoms with E-state index in [1.54, 1.807) is 18.5 Å². The number of imidazole rings is 1. The van der Waals surface area contributed by atoms with E-state index in [1.165, 1.54) is 0 Å². The molecule has 1 aromatic heterocycles. The molecule has 2 aromatic rings. The summed E-state index contributed by atoms with van der Waals surface area (Å²) in [5.41, 5.74) is 1.75. The van der Waals surface area contributed by atoms with Gasteiger partial charge in [-0.05, 0) is 25.0 Å². The van der Waals surface area contributed by atoms with Crippen LogP contribution in [0.5, 0.6) is 0 Å². The molecule has 1 aromatic carbocycles. The quantitative estimate of drug-likeness (QED) is 0.891. The van der Waals surface area contributed by atoms with Gasteiger partial charge in [0.1, 0.15) is 5.52 Å². The highest BCUT2D eigenvalue weighted by atomic mass is 16.4. The summed E-state index contributed by atoms with van der Waals surface area (Å²) in [5.74, 6) is -0.350. The minimum Gasteiger partial charge on any atom is -0.478 e. The molecule has 1 heterocycles. The largest absolute Gasteiger partial charge is 0.478 e. The molecule has 0 aliphatic heterocycles. The van der Waals surface area contributed by atoms with Crippen molar-refractivity contribution in [1.29, 1.82) is 0 Å². The van der Waals surface area contributed by atoms with Crippen molar-refractivity contribution in [1.82, 2.24) is 9.55 Å². The van der Waals surface area contributed by atoms with Crippen molar-refractivity contribution >= 4 is 17.0 Å². The van der Waals surface area contributed by atoms with Gasteiger partial charge >= 0.3 is 5.97 Å². The number of hydrogen-bond acceptors (Lipinski definition) is 2. The SMILES string of the molecule is CCC(CC)C(C)n1cnc2c(C(=O)O)cccc21. The molecule has 0 spiro atoms. The fourth-order valence-electron chi connectivity index (χ4n) is 2.75. The van der Waals surface area contributed by atoms with E-state index in [-0.39, 0.29) is 5.56 Å². The summed E-state index contributed by atoms with van der Waals surface area (Å²) in [7, 11) is 0. The van der Waals surface area contributed by atoms with E-state index in [9.17, 15) is 9.90 Å². The van der Waals surface area contributed by atoms with Gasteiger partial charge in [-0.15, -0.1) is 0 Å². The van der Waals surface area contributed by atoms with E-state index in [0.29, 0.717) is 17.5 Å². The van der Waals surface area contributed by atoms with Crippen molar-refractivity contribution in [3.8, 4) is 0 Å². The summed E-state index contributed by atoms with van der Waals surface area (Å²) in [4.78, 5) is 15.5. The van der Waals surface area contributed by atoms with Gasteiger partial charge in [0.15, 0.2) is 0 Å². The molecule has 102 valence electrons. The molecule has 1 N–H and O–H groups in total. The van der Waals surface area contributed by atoms with Crippen molar-refractivity contribution in [2.45, 2.75) is 39.7 Å². The molecule has 0 aliphatic rings. The van der Waals surface area contributed by atoms with E-state index >= 15 is 0 Å². The molecule has 2 rings (SSSR count). The van der Waals surface area contributed by atoms with E-state index in [2.05, 4.69) is 30.3 Å². The molecule has 4 heteroatoms. The van der Waals surface area contributed by atoms with Crippen molar-refractivity contribution < 1.29 is 9.90 Å². The zero-order valence-electron chi connectivity index (χ0n) is 11.6. The summed E-state index contributed by atoms with van der Waals surface area (Å²) >= 11 is 0. The second kappa shape index (κ2) is 5.43. The number of aromatic carboxylic acids is 1. The van der Waals surface area contributed by atoms with Crippen LogP contribution in [0.3, 0.4) is 0 Å². The number of hydrogen-bond donors (Lipinski definition) is 1. The second-order valence-electron chi connectivity index (χ2n) is 4.95. The Morgan fingerprint density at radius 2 is 2.05 bits per heavy atom. The van der Waals surface area contributed by atoms with Crippen LogP contribution in [0.2, 0.25) is 0 Å². The maximum absolute atomic E-state index is 11.2. The van der Waals surface area contributed by atoms with Crippen LogP contribution in [0, 0.1) is 5.92 Å². The van der Waals surface area contributed by atoms with Gasteiger partial charge in [-0.2, -0.15) is 0 Å². The fraction of sp³-hybridized carbons (Fsp3) is 0.467. The Bertz CT molecular complexity index is 585. The van der Waals surface area contributed by atoms with Crippen LogP contribution in [0.1, 0.15) is 50.0 Å². The van der Waals surface area contributed by atoms with Crippen LogP contribution in [-0.4, -0.2) is 20.6 Å². The highest BCUT2D eigenvalue weighted by Gasteiger charge is 2.19. The molecule has 1 unspecified atom stereocenters. The lowest BCUT2D eigenvalue weighted by Crippen LogP contribution is -2.14. The molecule has 0 saturated heterocycles. The summed E-state index contributed by atoms with van der Waals surface area (Å²) < 4.78 is 2.10. The maximum Gasteiger partial charge on any atom is 0.337 e. The Labute approximate surface area is 113 Å². The minimum absolute atomic E-state index is 0.271. The Morgan fingerprint density at radius 1 is 1.37 bits per heavy atom. The first-order valence-electron chi connectivity index (χ1n) is 6.78. The molecule has 4 nitrogen and oxygen atoms in total. The van der Waals surface area contributed by atoms with Crippen molar-refractivity contribution in [3.05, 3.63) is 30.1 Å². The van der Waals surface area contributed by atoms with E-state index in [1.807, 2.05) is 6.07 Å². The lowest BCUT2D eigenvalue weighted by atomic mass is 9.95. The molecule has 0 bridgehead atoms. The van der Waals surface area contributed by atoms with Gasteiger partial charge in [0.25, 0.3) is 0 Å². The summed E-state index contributed by atoms with van der Waals surface area (Å²) in [6, 6.07) is 5.64. The van der Waals surface area contributed by atoms with Crippen LogP contribution in [0.15, 0.2) is 24.5 Å². The normalized spacial score (nSPS) is 13.1. The third kappa shape index (κ3) is 2.35. The summed E-state index contributed by atoms with van der Waals surface area (Å²) in [5, 5.41) is 9.18. The fourth-order valence-corrected chi connectivity index (χ4v) is 2.75. The highest BCUT2D eigenvalue weighted by molar-refractivity contribution is 6.00. The van der Waals surface area contributed by atoms with Gasteiger partial charge in [0.05, 0.1) is 17.4 Å². The molecule has 0 aliphatic carbocycles. The van der Waals surface area contributed by atoms with E-state index < -0.39 is 5.97 Å². The number of nitrogens with zero attached hydrogens (tertiary/aromatic N) is 2. The van der Waals surface area contributed by atoms with E-state index in [4.69, 9.17) is 0 Å². The Morgan fingerprint density at radius 3 is 2.63 bits per heavy atom. The first-order valence-corrected chi connectivity index (χ1v) is 6.78. The van der Waals surface area contributed by atoms with Crippen molar-refractivity contribution in [2.24, 2.45) is 5.92 Å². The van der Waals surface area contributed by atoms with Gasteiger partial charge in [0, 0.05) is 6.04 Å². The predicted molar refractivity (Wildman–Crippen MR) is 75.5 cm³/mol. The number of benzene rings is 1. The lowest BCUT2D eigenvalue weighted by Gasteiger charge is -2.23. The summed E-state index contributed by atoms with van der Waals surface area (Å²) in [6.07, 6.45) is 3.98. The molecular weight excluding hydrogens is 240 g/mol. The van der Waals surface area contributed by atoms with Crippen LogP contribution in [0.4, 0.5) is 0 Å². The van der Waals surface area contributed by atoms with Crippen LogP contribution < -0.4 is 0 Å². The Hall–Kier alpha value is -1.84. The van der Waals surface area contributed by atoms with Crippen molar-refractivity contribution in [3.63, 3.8) is 0 Å². The number of rotatable bonds is 5. The lowest BCUT2D eigenvalue weighted by molar-refractivity contribution is 0.0699. The first kappa shape index (κ1) is 13.6. The third-order valence-electron chi connectivity index (χ3n) is 4.00. The standard InChI is InChI=1S/C15H20N2O2/c1-4-11(5-2)10(3)17-9-16-14-12(15(18)19)7-6-8-13(14)17/h6-11H,4-5H2,1-3H3,(H,18,19). The van der Waals surface area contributed by atoms with Crippen LogP contribution >= 0.6 is 0 Å². The van der Waals surface area contributed by atoms with Crippen LogP contribution in [-0.2, 0) is 0 Å². The molecule has 0 radical (unpaired) electrons. The van der Waals surface area contributed by atoms with Crippen molar-refractivity contribution in [2.75, 3.05) is 0 Å². The Kier molecular flexibility index (Phi) is 3.88. The topological polar surface area (TPSA) is 55.1 Å². The third-order valence-corrected chi connectivity index (χ3v) is 4.00. The molecule has 0 fully saturated rings.